The average Bonchev–Trinajstić information content (AvgIpc) is 2.50. The molecule has 1 aromatic heterocycles. The largest absolute Gasteiger partial charge is 0.398 e. The van der Waals surface area contributed by atoms with Gasteiger partial charge in [0.05, 0.1) is 21.9 Å². The van der Waals surface area contributed by atoms with E-state index in [4.69, 9.17) is 17.3 Å². The van der Waals surface area contributed by atoms with E-state index in [0.29, 0.717) is 22.0 Å². The number of pyridine rings is 1. The minimum absolute atomic E-state index is 0.253. The maximum atomic E-state index is 12.3. The van der Waals surface area contributed by atoms with Crippen molar-refractivity contribution in [2.45, 2.75) is 0 Å². The molecule has 4 nitrogen and oxygen atoms in total. The van der Waals surface area contributed by atoms with E-state index >= 15 is 0 Å². The van der Waals surface area contributed by atoms with Crippen molar-refractivity contribution in [3.63, 3.8) is 0 Å². The van der Waals surface area contributed by atoms with Gasteiger partial charge >= 0.3 is 0 Å². The third kappa shape index (κ3) is 2.66. The number of fused-ring (bicyclic) bond motifs is 1. The number of aromatic nitrogens is 1. The number of nitrogens with zero attached hydrogens (tertiary/aromatic N) is 1. The highest BCUT2D eigenvalue weighted by Crippen LogP contribution is 2.23. The topological polar surface area (TPSA) is 68.0 Å². The van der Waals surface area contributed by atoms with Crippen LogP contribution in [0.25, 0.3) is 10.9 Å². The van der Waals surface area contributed by atoms with Gasteiger partial charge in [-0.1, -0.05) is 29.8 Å². The van der Waals surface area contributed by atoms with E-state index in [-0.39, 0.29) is 5.91 Å². The fraction of sp³-hybridized carbons (Fsp3) is 0. The summed E-state index contributed by atoms with van der Waals surface area (Å²) in [5.41, 5.74) is 7.95. The predicted octanol–water partition coefficient (Wildman–Crippen LogP) is 3.72. The molecule has 0 aliphatic heterocycles. The van der Waals surface area contributed by atoms with E-state index in [1.165, 1.54) is 0 Å². The number of halogens is 1. The van der Waals surface area contributed by atoms with Crippen molar-refractivity contribution < 1.29 is 4.79 Å². The van der Waals surface area contributed by atoms with Crippen LogP contribution in [-0.2, 0) is 0 Å². The van der Waals surface area contributed by atoms with Gasteiger partial charge in [-0.25, -0.2) is 0 Å². The molecule has 0 saturated heterocycles. The van der Waals surface area contributed by atoms with Gasteiger partial charge in [0.1, 0.15) is 0 Å². The lowest BCUT2D eigenvalue weighted by atomic mass is 10.1. The lowest BCUT2D eigenvalue weighted by molar-refractivity contribution is 0.102. The number of hydrogen-bond donors (Lipinski definition) is 2. The summed E-state index contributed by atoms with van der Waals surface area (Å²) in [4.78, 5) is 16.6. The molecule has 1 heterocycles. The lowest BCUT2D eigenvalue weighted by Gasteiger charge is -2.08. The summed E-state index contributed by atoms with van der Waals surface area (Å²) in [5, 5.41) is 4.24. The molecule has 0 bridgehead atoms. The monoisotopic (exact) mass is 297 g/mol. The summed E-state index contributed by atoms with van der Waals surface area (Å²) in [6.45, 7) is 0. The van der Waals surface area contributed by atoms with E-state index < -0.39 is 0 Å². The van der Waals surface area contributed by atoms with Gasteiger partial charge in [-0.15, -0.1) is 0 Å². The Kier molecular flexibility index (Phi) is 3.46. The van der Waals surface area contributed by atoms with E-state index in [9.17, 15) is 4.79 Å². The molecule has 5 heteroatoms. The molecular weight excluding hydrogens is 286 g/mol. The Morgan fingerprint density at radius 3 is 2.76 bits per heavy atom. The Morgan fingerprint density at radius 2 is 1.95 bits per heavy atom. The van der Waals surface area contributed by atoms with E-state index in [1.54, 1.807) is 24.4 Å². The first-order valence-electron chi connectivity index (χ1n) is 6.35. The first kappa shape index (κ1) is 13.4. The summed E-state index contributed by atoms with van der Waals surface area (Å²) in [5.74, 6) is -0.253. The van der Waals surface area contributed by atoms with Crippen molar-refractivity contribution in [2.75, 3.05) is 11.1 Å². The smallest absolute Gasteiger partial charge is 0.255 e. The zero-order valence-electron chi connectivity index (χ0n) is 11.0. The number of benzene rings is 2. The Balaban J connectivity index is 1.94. The summed E-state index contributed by atoms with van der Waals surface area (Å²) >= 11 is 5.86. The molecule has 1 amide bonds. The van der Waals surface area contributed by atoms with Gasteiger partial charge in [0.25, 0.3) is 5.91 Å². The molecule has 2 aromatic carbocycles. The second kappa shape index (κ2) is 5.42. The molecular formula is C16H12ClN3O. The van der Waals surface area contributed by atoms with Crippen LogP contribution in [0.15, 0.2) is 54.7 Å². The molecule has 0 radical (unpaired) electrons. The number of carbonyl (C=O) groups is 1. The Bertz CT molecular complexity index is 827. The van der Waals surface area contributed by atoms with E-state index in [1.807, 2.05) is 30.3 Å². The van der Waals surface area contributed by atoms with Crippen LogP contribution in [-0.4, -0.2) is 10.9 Å². The normalized spacial score (nSPS) is 10.5. The standard InChI is InChI=1S/C16H12ClN3O/c17-12-7-6-11(9-13(12)18)16(21)20-14-5-1-3-10-4-2-8-19-15(10)14/h1-9H,18H2,(H,20,21). The fourth-order valence-electron chi connectivity index (χ4n) is 2.08. The van der Waals surface area contributed by atoms with Crippen LogP contribution in [0, 0.1) is 0 Å². The summed E-state index contributed by atoms with van der Waals surface area (Å²) in [6, 6.07) is 14.2. The Labute approximate surface area is 126 Å². The Morgan fingerprint density at radius 1 is 1.14 bits per heavy atom. The zero-order chi connectivity index (χ0) is 14.8. The van der Waals surface area contributed by atoms with E-state index in [0.717, 1.165) is 10.9 Å². The van der Waals surface area contributed by atoms with Crippen LogP contribution in [0.1, 0.15) is 10.4 Å². The summed E-state index contributed by atoms with van der Waals surface area (Å²) < 4.78 is 0. The number of rotatable bonds is 2. The van der Waals surface area contributed by atoms with Crippen LogP contribution >= 0.6 is 11.6 Å². The van der Waals surface area contributed by atoms with Gasteiger partial charge in [0, 0.05) is 17.1 Å². The van der Waals surface area contributed by atoms with Crippen molar-refractivity contribution in [1.82, 2.24) is 4.98 Å². The number of nitrogens with one attached hydrogen (secondary N) is 1. The molecule has 0 aliphatic rings. The van der Waals surface area contributed by atoms with Crippen molar-refractivity contribution >= 4 is 39.8 Å². The molecule has 0 spiro atoms. The molecule has 0 saturated carbocycles. The van der Waals surface area contributed by atoms with E-state index in [2.05, 4.69) is 10.3 Å². The second-order valence-electron chi connectivity index (χ2n) is 4.57. The first-order valence-corrected chi connectivity index (χ1v) is 6.73. The highest BCUT2D eigenvalue weighted by molar-refractivity contribution is 6.33. The maximum Gasteiger partial charge on any atom is 0.255 e. The molecule has 0 aliphatic carbocycles. The van der Waals surface area contributed by atoms with Crippen LogP contribution in [0.4, 0.5) is 11.4 Å². The van der Waals surface area contributed by atoms with Gasteiger partial charge < -0.3 is 11.1 Å². The second-order valence-corrected chi connectivity index (χ2v) is 4.98. The van der Waals surface area contributed by atoms with Crippen molar-refractivity contribution in [2.24, 2.45) is 0 Å². The first-order chi connectivity index (χ1) is 10.1. The molecule has 0 fully saturated rings. The van der Waals surface area contributed by atoms with Crippen LogP contribution in [0.5, 0.6) is 0 Å². The third-order valence-corrected chi connectivity index (χ3v) is 3.48. The summed E-state index contributed by atoms with van der Waals surface area (Å²) in [6.07, 6.45) is 1.69. The Hall–Kier alpha value is -2.59. The van der Waals surface area contributed by atoms with Crippen molar-refractivity contribution in [3.8, 4) is 0 Å². The lowest BCUT2D eigenvalue weighted by Crippen LogP contribution is -2.12. The molecule has 104 valence electrons. The molecule has 3 rings (SSSR count). The molecule has 0 atom stereocenters. The van der Waals surface area contributed by atoms with Crippen molar-refractivity contribution in [1.29, 1.82) is 0 Å². The number of hydrogen-bond acceptors (Lipinski definition) is 3. The van der Waals surface area contributed by atoms with Crippen molar-refractivity contribution in [3.05, 3.63) is 65.3 Å². The van der Waals surface area contributed by atoms with Gasteiger partial charge in [-0.05, 0) is 30.3 Å². The minimum Gasteiger partial charge on any atom is -0.398 e. The van der Waals surface area contributed by atoms with Crippen LogP contribution < -0.4 is 11.1 Å². The van der Waals surface area contributed by atoms with Gasteiger partial charge in [-0.3, -0.25) is 9.78 Å². The quantitative estimate of drug-likeness (QED) is 0.708. The average molecular weight is 298 g/mol. The third-order valence-electron chi connectivity index (χ3n) is 3.14. The molecule has 21 heavy (non-hydrogen) atoms. The molecule has 0 unspecified atom stereocenters. The summed E-state index contributed by atoms with van der Waals surface area (Å²) in [7, 11) is 0. The minimum atomic E-state index is -0.253. The van der Waals surface area contributed by atoms with Gasteiger partial charge in [-0.2, -0.15) is 0 Å². The number of amides is 1. The maximum absolute atomic E-state index is 12.3. The number of para-hydroxylation sites is 1. The predicted molar refractivity (Wildman–Crippen MR) is 85.6 cm³/mol. The van der Waals surface area contributed by atoms with Crippen LogP contribution in [0.3, 0.4) is 0 Å². The number of nitrogen functional groups attached to an aromatic ring is 1. The number of anilines is 2. The van der Waals surface area contributed by atoms with Crippen LogP contribution in [0.2, 0.25) is 5.02 Å². The zero-order valence-corrected chi connectivity index (χ0v) is 11.8. The SMILES string of the molecule is Nc1cc(C(=O)Nc2cccc3cccnc23)ccc1Cl. The number of carbonyl (C=O) groups excluding carboxylic acids is 1. The molecule has 3 N–H and O–H groups in total. The van der Waals surface area contributed by atoms with Gasteiger partial charge in [0.15, 0.2) is 0 Å². The highest BCUT2D eigenvalue weighted by Gasteiger charge is 2.10. The van der Waals surface area contributed by atoms with Gasteiger partial charge in [0.2, 0.25) is 0 Å². The number of nitrogens with two attached hydrogens (primary N) is 1. The molecule has 3 aromatic rings. The fourth-order valence-corrected chi connectivity index (χ4v) is 2.20. The highest BCUT2D eigenvalue weighted by atomic mass is 35.5.